The first-order valence-electron chi connectivity index (χ1n) is 6.15. The van der Waals surface area contributed by atoms with Gasteiger partial charge in [0.15, 0.2) is 0 Å². The first-order chi connectivity index (χ1) is 7.84. The van der Waals surface area contributed by atoms with Crippen molar-refractivity contribution in [2.45, 2.75) is 58.7 Å². The van der Waals surface area contributed by atoms with Gasteiger partial charge in [0.05, 0.1) is 5.76 Å². The summed E-state index contributed by atoms with van der Waals surface area (Å²) in [6, 6.07) is 0. The minimum Gasteiger partial charge on any atom is -0.493 e. The lowest BCUT2D eigenvalue weighted by atomic mass is 9.95. The van der Waals surface area contributed by atoms with E-state index in [2.05, 4.69) is 11.5 Å². The van der Waals surface area contributed by atoms with Gasteiger partial charge in [-0.05, 0) is 18.8 Å². The van der Waals surface area contributed by atoms with Crippen LogP contribution < -0.4 is 0 Å². The summed E-state index contributed by atoms with van der Waals surface area (Å²) < 4.78 is 18.0. The molecule has 0 aliphatic rings. The van der Waals surface area contributed by atoms with Crippen molar-refractivity contribution in [3.63, 3.8) is 0 Å². The highest BCUT2D eigenvalue weighted by Gasteiger charge is 2.43. The highest BCUT2D eigenvalue weighted by molar-refractivity contribution is 7.63. The standard InChI is InChI=1S/C13H26NO3P/c1-10(2)11(3)17-12(4,5)9-13(6,7)18(8,16)14-15/h10H,3,9H2,1-2,4-8H3. The van der Waals surface area contributed by atoms with E-state index < -0.39 is 18.0 Å². The molecule has 0 N–H and O–H groups in total. The van der Waals surface area contributed by atoms with Crippen LogP contribution in [-0.2, 0) is 9.30 Å². The molecule has 0 rings (SSSR count). The van der Waals surface area contributed by atoms with Crippen molar-refractivity contribution >= 4 is 7.29 Å². The molecule has 0 aliphatic carbocycles. The van der Waals surface area contributed by atoms with Gasteiger partial charge in [0.2, 0.25) is 7.29 Å². The second kappa shape index (κ2) is 5.56. The summed E-state index contributed by atoms with van der Waals surface area (Å²) in [4.78, 5) is 13.5. The Balaban J connectivity index is 4.92. The maximum absolute atomic E-state index is 12.1. The Morgan fingerprint density at radius 1 is 1.33 bits per heavy atom. The molecule has 0 aliphatic heterocycles. The van der Waals surface area contributed by atoms with Crippen LogP contribution in [0, 0.1) is 10.8 Å². The van der Waals surface area contributed by atoms with Crippen LogP contribution in [0.3, 0.4) is 0 Å². The topological polar surface area (TPSA) is 55.7 Å². The van der Waals surface area contributed by atoms with Crippen LogP contribution in [0.15, 0.2) is 17.3 Å². The minimum atomic E-state index is -3.08. The Morgan fingerprint density at radius 2 is 1.78 bits per heavy atom. The molecule has 1 atom stereocenters. The number of hydrogen-bond acceptors (Lipinski definition) is 3. The number of hydrogen-bond donors (Lipinski definition) is 0. The summed E-state index contributed by atoms with van der Waals surface area (Å²) in [6.07, 6.45) is 0.477. The van der Waals surface area contributed by atoms with Gasteiger partial charge in [-0.2, -0.15) is 0 Å². The lowest BCUT2D eigenvalue weighted by Crippen LogP contribution is -2.35. The van der Waals surface area contributed by atoms with Crippen molar-refractivity contribution in [3.8, 4) is 0 Å². The van der Waals surface area contributed by atoms with Crippen molar-refractivity contribution in [1.82, 2.24) is 0 Å². The largest absolute Gasteiger partial charge is 0.493 e. The number of rotatable bonds is 7. The van der Waals surface area contributed by atoms with Gasteiger partial charge in [-0.15, -0.1) is 4.91 Å². The Kier molecular flexibility index (Phi) is 5.37. The van der Waals surface area contributed by atoms with Gasteiger partial charge >= 0.3 is 0 Å². The smallest absolute Gasteiger partial charge is 0.235 e. The molecule has 0 radical (unpaired) electrons. The van der Waals surface area contributed by atoms with E-state index in [1.54, 1.807) is 13.8 Å². The molecule has 0 heterocycles. The van der Waals surface area contributed by atoms with Crippen LogP contribution in [0.2, 0.25) is 0 Å². The molecule has 106 valence electrons. The molecule has 0 aromatic rings. The molecule has 1 unspecified atom stereocenters. The molecule has 4 nitrogen and oxygen atoms in total. The third kappa shape index (κ3) is 4.56. The van der Waals surface area contributed by atoms with Crippen molar-refractivity contribution in [2.24, 2.45) is 10.9 Å². The second-order valence-electron chi connectivity index (χ2n) is 6.43. The number of nitroso groups, excluding NO2 is 1. The average Bonchev–Trinajstić information content (AvgIpc) is 2.14. The predicted octanol–water partition coefficient (Wildman–Crippen LogP) is 4.79. The van der Waals surface area contributed by atoms with E-state index in [1.807, 2.05) is 27.7 Å². The van der Waals surface area contributed by atoms with Crippen LogP contribution in [0.4, 0.5) is 0 Å². The van der Waals surface area contributed by atoms with Gasteiger partial charge in [-0.1, -0.05) is 34.3 Å². The van der Waals surface area contributed by atoms with Gasteiger partial charge < -0.3 is 4.74 Å². The SMILES string of the molecule is C=C(OC(C)(C)CC(C)(C)P(C)(=O)N=O)C(C)C. The predicted molar refractivity (Wildman–Crippen MR) is 77.2 cm³/mol. The molecular formula is C13H26NO3P. The monoisotopic (exact) mass is 275 g/mol. The van der Waals surface area contributed by atoms with Crippen LogP contribution in [0.5, 0.6) is 0 Å². The number of allylic oxidation sites excluding steroid dienone is 1. The van der Waals surface area contributed by atoms with E-state index >= 15 is 0 Å². The van der Waals surface area contributed by atoms with E-state index in [0.29, 0.717) is 12.2 Å². The first-order valence-corrected chi connectivity index (χ1v) is 8.26. The zero-order valence-electron chi connectivity index (χ0n) is 12.6. The Bertz CT molecular complexity index is 372. The maximum Gasteiger partial charge on any atom is 0.235 e. The molecule has 0 saturated carbocycles. The van der Waals surface area contributed by atoms with Crippen molar-refractivity contribution in [3.05, 3.63) is 17.2 Å². The third-order valence-electron chi connectivity index (χ3n) is 3.19. The van der Waals surface area contributed by atoms with Crippen LogP contribution in [0.25, 0.3) is 0 Å². The van der Waals surface area contributed by atoms with Crippen molar-refractivity contribution in [1.29, 1.82) is 0 Å². The van der Waals surface area contributed by atoms with Crippen LogP contribution in [0.1, 0.15) is 48.0 Å². The Morgan fingerprint density at radius 3 is 2.11 bits per heavy atom. The minimum absolute atomic E-state index is 0.227. The summed E-state index contributed by atoms with van der Waals surface area (Å²) in [7, 11) is -3.08. The molecule has 0 aromatic heterocycles. The Hall–Kier alpha value is -0.630. The van der Waals surface area contributed by atoms with Crippen LogP contribution >= 0.6 is 7.29 Å². The van der Waals surface area contributed by atoms with Gasteiger partial charge in [-0.3, -0.25) is 4.57 Å². The van der Waals surface area contributed by atoms with Crippen LogP contribution in [-0.4, -0.2) is 17.4 Å². The number of ether oxygens (including phenoxy) is 1. The maximum atomic E-state index is 12.1. The highest BCUT2D eigenvalue weighted by atomic mass is 31.2. The van der Waals surface area contributed by atoms with Gasteiger partial charge in [0, 0.05) is 24.2 Å². The van der Waals surface area contributed by atoms with E-state index in [-0.39, 0.29) is 5.92 Å². The number of nitrogens with zero attached hydrogens (tertiary/aromatic N) is 1. The summed E-state index contributed by atoms with van der Waals surface area (Å²) in [5.41, 5.74) is -0.527. The fourth-order valence-corrected chi connectivity index (χ4v) is 2.70. The second-order valence-corrected chi connectivity index (χ2v) is 9.56. The zero-order valence-corrected chi connectivity index (χ0v) is 13.5. The van der Waals surface area contributed by atoms with E-state index in [0.717, 1.165) is 0 Å². The summed E-state index contributed by atoms with van der Waals surface area (Å²) >= 11 is 0. The molecule has 0 fully saturated rings. The van der Waals surface area contributed by atoms with Gasteiger partial charge in [-0.25, -0.2) is 0 Å². The third-order valence-corrected chi connectivity index (χ3v) is 5.90. The molecule has 5 heteroatoms. The molecule has 0 spiro atoms. The van der Waals surface area contributed by atoms with Gasteiger partial charge in [0.1, 0.15) is 5.60 Å². The fraction of sp³-hybridized carbons (Fsp3) is 0.846. The van der Waals surface area contributed by atoms with Crippen molar-refractivity contribution in [2.75, 3.05) is 6.66 Å². The quantitative estimate of drug-likeness (QED) is 0.381. The molecule has 0 aromatic carbocycles. The zero-order chi connectivity index (χ0) is 14.8. The average molecular weight is 275 g/mol. The summed E-state index contributed by atoms with van der Waals surface area (Å²) in [5.74, 6) is 0.922. The lowest BCUT2D eigenvalue weighted by Gasteiger charge is -2.37. The lowest BCUT2D eigenvalue weighted by molar-refractivity contribution is 0.00872. The van der Waals surface area contributed by atoms with E-state index in [4.69, 9.17) is 4.74 Å². The van der Waals surface area contributed by atoms with Crippen molar-refractivity contribution < 1.29 is 9.30 Å². The normalized spacial score (nSPS) is 16.2. The molecule has 18 heavy (non-hydrogen) atoms. The summed E-state index contributed by atoms with van der Waals surface area (Å²) in [6.45, 7) is 16.7. The fourth-order valence-electron chi connectivity index (χ4n) is 1.81. The highest BCUT2D eigenvalue weighted by Crippen LogP contribution is 2.58. The molecule has 0 saturated heterocycles. The molecular weight excluding hydrogens is 249 g/mol. The Labute approximate surface area is 111 Å². The first kappa shape index (κ1) is 17.4. The van der Waals surface area contributed by atoms with Gasteiger partial charge in [0.25, 0.3) is 0 Å². The summed E-state index contributed by atoms with van der Waals surface area (Å²) in [5, 5.41) is -0.685. The van der Waals surface area contributed by atoms with E-state index in [9.17, 15) is 9.47 Å². The molecule has 0 bridgehead atoms. The van der Waals surface area contributed by atoms with E-state index in [1.165, 1.54) is 6.66 Å². The molecule has 0 amide bonds.